The molecule has 0 saturated carbocycles. The van der Waals surface area contributed by atoms with Crippen LogP contribution in [0.1, 0.15) is 46.6 Å². The van der Waals surface area contributed by atoms with Crippen LogP contribution in [0.3, 0.4) is 0 Å². The average molecular weight is 671 g/mol. The lowest BCUT2D eigenvalue weighted by Gasteiger charge is -2.25. The van der Waals surface area contributed by atoms with Gasteiger partial charge in [-0.05, 0) is 55.5 Å². The van der Waals surface area contributed by atoms with E-state index in [1.54, 1.807) is 0 Å². The minimum absolute atomic E-state index is 0.0134. The monoisotopic (exact) mass is 670 g/mol. The first-order chi connectivity index (χ1) is 23.2. The number of primary amides is 1. The number of Topliss-reactive ketones (excluding diaryl/α,β-unsaturated/α-hetero) is 1. The molecule has 0 spiro atoms. The van der Waals surface area contributed by atoms with Crippen LogP contribution < -0.4 is 33.2 Å². The largest absolute Gasteiger partial charge is 0.370 e. The fraction of sp³-hybridized carbons (Fsp3) is 0.314. The number of nitrogens with one attached hydrogen (secondary N) is 3. The van der Waals surface area contributed by atoms with Crippen molar-refractivity contribution in [2.24, 2.45) is 22.2 Å². The number of carbonyl (C=O) groups excluding carboxylic acids is 4. The summed E-state index contributed by atoms with van der Waals surface area (Å²) in [5.74, 6) is -1.94. The van der Waals surface area contributed by atoms with Crippen molar-refractivity contribution >= 4 is 51.0 Å². The molecule has 12 nitrogen and oxygen atoms in total. The molecule has 3 atom stereocenters. The van der Waals surface area contributed by atoms with Gasteiger partial charge in [-0.25, -0.2) is 4.98 Å². The number of ketones is 1. The minimum atomic E-state index is -1.03. The number of nitrogens with zero attached hydrogens (tertiary/aromatic N) is 2. The summed E-state index contributed by atoms with van der Waals surface area (Å²) >= 11 is 1.25. The zero-order valence-electron chi connectivity index (χ0n) is 26.6. The molecule has 0 radical (unpaired) electrons. The van der Waals surface area contributed by atoms with Crippen molar-refractivity contribution in [3.63, 3.8) is 0 Å². The number of benzene rings is 3. The number of hydrogen-bond acceptors (Lipinski definition) is 8. The van der Waals surface area contributed by atoms with E-state index >= 15 is 0 Å². The SMILES string of the molecule is NC(=O)CC[C@H](NCCc1ccccc1)C(=O)N[C@@H](Cc1ccccc1)C(=O)N[C@@H](CCCN=C(N)N)C(=O)c1nc2ccccc2s1. The van der Waals surface area contributed by atoms with E-state index in [1.807, 2.05) is 84.9 Å². The highest BCUT2D eigenvalue weighted by Crippen LogP contribution is 2.23. The van der Waals surface area contributed by atoms with Crippen LogP contribution in [0, 0.1) is 0 Å². The minimum Gasteiger partial charge on any atom is -0.370 e. The van der Waals surface area contributed by atoms with Gasteiger partial charge >= 0.3 is 0 Å². The predicted molar refractivity (Wildman–Crippen MR) is 188 cm³/mol. The first-order valence-electron chi connectivity index (χ1n) is 15.8. The van der Waals surface area contributed by atoms with Crippen LogP contribution in [0.4, 0.5) is 0 Å². The number of fused-ring (bicyclic) bond motifs is 1. The Morgan fingerprint density at radius 3 is 2.04 bits per heavy atom. The molecule has 13 heteroatoms. The zero-order chi connectivity index (χ0) is 34.3. The molecule has 1 heterocycles. The van der Waals surface area contributed by atoms with Gasteiger partial charge in [0.2, 0.25) is 23.5 Å². The van der Waals surface area contributed by atoms with Crippen molar-refractivity contribution in [3.05, 3.63) is 101 Å². The molecule has 9 N–H and O–H groups in total. The third kappa shape index (κ3) is 11.3. The number of carbonyl (C=O) groups is 4. The van der Waals surface area contributed by atoms with Crippen LogP contribution in [0.2, 0.25) is 0 Å². The van der Waals surface area contributed by atoms with Gasteiger partial charge in [0.1, 0.15) is 6.04 Å². The summed E-state index contributed by atoms with van der Waals surface area (Å²) in [5, 5.41) is 9.25. The standard InChI is InChI=1S/C35H42N8O4S/c36-30(44)18-17-27(39-21-19-23-10-3-1-4-11-23)32(46)42-28(22-24-12-5-2-6-13-24)33(47)41-26(15-9-20-40-35(37)38)31(45)34-43-25-14-7-8-16-29(25)48-34/h1-8,10-14,16,26-28,39H,9,15,17-22H2,(H2,36,44)(H,41,47)(H,42,46)(H4,37,38,40)/t26-,27-,28-/m0/s1. The van der Waals surface area contributed by atoms with Crippen molar-refractivity contribution in [2.75, 3.05) is 13.1 Å². The fourth-order valence-electron chi connectivity index (χ4n) is 5.15. The molecule has 0 aliphatic rings. The summed E-state index contributed by atoms with van der Waals surface area (Å²) in [6.45, 7) is 0.729. The number of hydrogen-bond donors (Lipinski definition) is 6. The highest BCUT2D eigenvalue weighted by atomic mass is 32.1. The van der Waals surface area contributed by atoms with E-state index in [4.69, 9.17) is 17.2 Å². The van der Waals surface area contributed by atoms with Crippen molar-refractivity contribution in [1.29, 1.82) is 0 Å². The van der Waals surface area contributed by atoms with E-state index in [-0.39, 0.29) is 49.0 Å². The van der Waals surface area contributed by atoms with Gasteiger partial charge in [-0.15, -0.1) is 11.3 Å². The summed E-state index contributed by atoms with van der Waals surface area (Å²) in [5.41, 5.74) is 19.0. The van der Waals surface area contributed by atoms with Gasteiger partial charge in [-0.2, -0.15) is 0 Å². The maximum atomic E-state index is 14.0. The molecule has 4 aromatic rings. The Labute approximate surface area is 283 Å². The van der Waals surface area contributed by atoms with Crippen LogP contribution in [0.15, 0.2) is 89.9 Å². The van der Waals surface area contributed by atoms with Crippen LogP contribution in [0.5, 0.6) is 0 Å². The third-order valence-electron chi connectivity index (χ3n) is 7.64. The van der Waals surface area contributed by atoms with Gasteiger partial charge in [0.25, 0.3) is 0 Å². The van der Waals surface area contributed by atoms with Gasteiger partial charge in [0.15, 0.2) is 11.0 Å². The van der Waals surface area contributed by atoms with Crippen LogP contribution in [0.25, 0.3) is 10.2 Å². The molecule has 0 bridgehead atoms. The highest BCUT2D eigenvalue weighted by molar-refractivity contribution is 7.20. The molecule has 0 fully saturated rings. The number of aliphatic imine (C=N–C) groups is 1. The van der Waals surface area contributed by atoms with E-state index in [2.05, 4.69) is 25.9 Å². The lowest BCUT2D eigenvalue weighted by molar-refractivity contribution is -0.130. The lowest BCUT2D eigenvalue weighted by Crippen LogP contribution is -2.56. The summed E-state index contributed by atoms with van der Waals surface area (Å²) in [7, 11) is 0. The number of rotatable bonds is 19. The number of nitrogens with two attached hydrogens (primary N) is 3. The number of aromatic nitrogens is 1. The maximum Gasteiger partial charge on any atom is 0.243 e. The third-order valence-corrected chi connectivity index (χ3v) is 8.69. The molecule has 48 heavy (non-hydrogen) atoms. The second kappa shape index (κ2) is 18.3. The normalized spacial score (nSPS) is 12.8. The van der Waals surface area contributed by atoms with Gasteiger partial charge < -0.3 is 33.2 Å². The predicted octanol–water partition coefficient (Wildman–Crippen LogP) is 2.21. The topological polar surface area (TPSA) is 208 Å². The van der Waals surface area contributed by atoms with Gasteiger partial charge in [0.05, 0.1) is 22.3 Å². The second-order valence-electron chi connectivity index (χ2n) is 11.4. The second-order valence-corrected chi connectivity index (χ2v) is 12.4. The van der Waals surface area contributed by atoms with Gasteiger partial charge in [-0.3, -0.25) is 24.2 Å². The molecule has 0 unspecified atom stereocenters. The van der Waals surface area contributed by atoms with E-state index in [1.165, 1.54) is 11.3 Å². The molecule has 0 saturated heterocycles. The molecule has 252 valence electrons. The number of thiazole rings is 1. The quantitative estimate of drug-likeness (QED) is 0.0376. The Morgan fingerprint density at radius 1 is 0.750 bits per heavy atom. The Morgan fingerprint density at radius 2 is 1.38 bits per heavy atom. The number of amides is 3. The van der Waals surface area contributed by atoms with Gasteiger partial charge in [0, 0.05) is 19.4 Å². The number of para-hydroxylation sites is 1. The Kier molecular flexibility index (Phi) is 13.6. The van der Waals surface area contributed by atoms with Crippen LogP contribution >= 0.6 is 11.3 Å². The number of guanidine groups is 1. The van der Waals surface area contributed by atoms with Crippen molar-refractivity contribution in [1.82, 2.24) is 20.9 Å². The molecular formula is C35H42N8O4S. The molecule has 0 aliphatic heterocycles. The van der Waals surface area contributed by atoms with Crippen LogP contribution in [-0.2, 0) is 27.2 Å². The van der Waals surface area contributed by atoms with Crippen LogP contribution in [-0.4, -0.2) is 65.7 Å². The van der Waals surface area contributed by atoms with E-state index in [9.17, 15) is 19.2 Å². The first-order valence-corrected chi connectivity index (χ1v) is 16.7. The average Bonchev–Trinajstić information content (AvgIpc) is 3.52. The van der Waals surface area contributed by atoms with E-state index in [0.29, 0.717) is 24.9 Å². The Bertz CT molecular complexity index is 1660. The molecule has 3 amide bonds. The Balaban J connectivity index is 1.53. The van der Waals surface area contributed by atoms with Gasteiger partial charge in [-0.1, -0.05) is 72.8 Å². The van der Waals surface area contributed by atoms with E-state index < -0.39 is 35.8 Å². The summed E-state index contributed by atoms with van der Waals surface area (Å²) in [4.78, 5) is 61.6. The lowest BCUT2D eigenvalue weighted by atomic mass is 10.0. The molecule has 1 aromatic heterocycles. The highest BCUT2D eigenvalue weighted by Gasteiger charge is 2.30. The maximum absolute atomic E-state index is 14.0. The fourth-order valence-corrected chi connectivity index (χ4v) is 6.11. The Hall–Kier alpha value is -5.14. The smallest absolute Gasteiger partial charge is 0.243 e. The molecule has 3 aromatic carbocycles. The molecule has 4 rings (SSSR count). The molecule has 0 aliphatic carbocycles. The summed E-state index contributed by atoms with van der Waals surface area (Å²) < 4.78 is 0.849. The van der Waals surface area contributed by atoms with Crippen molar-refractivity contribution < 1.29 is 19.2 Å². The van der Waals surface area contributed by atoms with Crippen molar-refractivity contribution in [3.8, 4) is 0 Å². The van der Waals surface area contributed by atoms with E-state index in [0.717, 1.165) is 15.8 Å². The molecular weight excluding hydrogens is 629 g/mol. The zero-order valence-corrected chi connectivity index (χ0v) is 27.5. The van der Waals surface area contributed by atoms with Crippen molar-refractivity contribution in [2.45, 2.75) is 56.7 Å². The summed E-state index contributed by atoms with van der Waals surface area (Å²) in [6.07, 6.45) is 1.62. The first kappa shape index (κ1) is 35.7. The summed E-state index contributed by atoms with van der Waals surface area (Å²) in [6, 6.07) is 23.7.